The van der Waals surface area contributed by atoms with E-state index in [0.717, 1.165) is 32.1 Å². The van der Waals surface area contributed by atoms with Crippen molar-refractivity contribution in [2.45, 2.75) is 48.5 Å². The number of anilines is 1. The molecule has 8 nitrogen and oxygen atoms in total. The van der Waals surface area contributed by atoms with Gasteiger partial charge in [0.2, 0.25) is 5.88 Å². The average Bonchev–Trinajstić information content (AvgIpc) is 3.12. The van der Waals surface area contributed by atoms with E-state index in [0.29, 0.717) is 33.2 Å². The first-order valence-electron chi connectivity index (χ1n) is 10.7. The van der Waals surface area contributed by atoms with Crippen molar-refractivity contribution in [3.05, 3.63) is 34.9 Å². The number of hydrogen-bond acceptors (Lipinski definition) is 8. The number of fused-ring (bicyclic) bond motifs is 1. The number of ether oxygens (including phenoxy) is 1. The zero-order valence-corrected chi connectivity index (χ0v) is 19.8. The molecule has 0 bridgehead atoms. The van der Waals surface area contributed by atoms with Crippen LogP contribution in [0.25, 0.3) is 0 Å². The topological polar surface area (TPSA) is 114 Å². The van der Waals surface area contributed by atoms with E-state index >= 15 is 0 Å². The maximum absolute atomic E-state index is 13.5. The first kappa shape index (κ1) is 22.1. The third-order valence-corrected chi connectivity index (χ3v) is 10.2. The zero-order chi connectivity index (χ0) is 22.3. The van der Waals surface area contributed by atoms with Gasteiger partial charge in [-0.15, -0.1) is 0 Å². The number of halogens is 1. The molecule has 0 spiro atoms. The Morgan fingerprint density at radius 2 is 1.97 bits per heavy atom. The molecule has 0 unspecified atom stereocenters. The Labute approximate surface area is 194 Å². The van der Waals surface area contributed by atoms with Gasteiger partial charge in [0.1, 0.15) is 15.7 Å². The first-order chi connectivity index (χ1) is 15.4. The third kappa shape index (κ3) is 4.25. The minimum Gasteiger partial charge on any atom is -0.463 e. The summed E-state index contributed by atoms with van der Waals surface area (Å²) in [7, 11) is -3.91. The fourth-order valence-corrected chi connectivity index (χ4v) is 7.55. The standard InChI is InChI=1S/C21H25ClN4O4S2/c22-16-4-2-14(3-5-16)15-6-10-32(29,11-7-15)26-20-23-18(25-21(12-27)8-1-9-21)17-19(24-20)30-13-31(17)28/h2-5,15,27H,1,6-13H2,(H,23,24,25)/t15?,31-,32?/m0/s1. The quantitative estimate of drug-likeness (QED) is 0.650. The molecule has 5 rings (SSSR count). The van der Waals surface area contributed by atoms with Crippen LogP contribution in [0, 0.1) is 0 Å². The van der Waals surface area contributed by atoms with Crippen LogP contribution >= 0.6 is 11.6 Å². The highest BCUT2D eigenvalue weighted by molar-refractivity contribution is 7.93. The number of nitrogens with zero attached hydrogens (tertiary/aromatic N) is 3. The first-order valence-corrected chi connectivity index (χ1v) is 14.2. The lowest BCUT2D eigenvalue weighted by Crippen LogP contribution is -2.48. The molecule has 11 heteroatoms. The molecule has 2 fully saturated rings. The molecule has 1 saturated heterocycles. The molecule has 32 heavy (non-hydrogen) atoms. The van der Waals surface area contributed by atoms with Crippen molar-refractivity contribution in [3.8, 4) is 5.88 Å². The van der Waals surface area contributed by atoms with Gasteiger partial charge < -0.3 is 15.2 Å². The van der Waals surface area contributed by atoms with Crippen LogP contribution in [-0.2, 0) is 20.5 Å². The largest absolute Gasteiger partial charge is 0.463 e. The second-order valence-electron chi connectivity index (χ2n) is 8.63. The molecule has 1 aliphatic carbocycles. The second kappa shape index (κ2) is 8.55. The molecule has 0 amide bonds. The molecule has 1 saturated carbocycles. The lowest BCUT2D eigenvalue weighted by Gasteiger charge is -2.41. The molecule has 3 aliphatic rings. The molecule has 2 aromatic rings. The monoisotopic (exact) mass is 496 g/mol. The predicted octanol–water partition coefficient (Wildman–Crippen LogP) is 3.59. The van der Waals surface area contributed by atoms with Crippen LogP contribution in [0.3, 0.4) is 0 Å². The van der Waals surface area contributed by atoms with Crippen molar-refractivity contribution in [2.24, 2.45) is 4.36 Å². The van der Waals surface area contributed by atoms with Crippen molar-refractivity contribution >= 4 is 43.9 Å². The number of hydrogen-bond donors (Lipinski definition) is 2. The highest BCUT2D eigenvalue weighted by Crippen LogP contribution is 2.40. The lowest BCUT2D eigenvalue weighted by atomic mass is 9.77. The molecular formula is C21H25ClN4O4S2. The van der Waals surface area contributed by atoms with E-state index in [9.17, 15) is 13.5 Å². The summed E-state index contributed by atoms with van der Waals surface area (Å²) < 4.78 is 35.8. The highest BCUT2D eigenvalue weighted by atomic mass is 35.5. The van der Waals surface area contributed by atoms with E-state index in [1.807, 2.05) is 24.3 Å². The van der Waals surface area contributed by atoms with Gasteiger partial charge in [-0.25, -0.2) is 4.21 Å². The Bertz CT molecular complexity index is 1160. The van der Waals surface area contributed by atoms with Crippen LogP contribution in [-0.4, -0.2) is 53.1 Å². The zero-order valence-electron chi connectivity index (χ0n) is 17.5. The fraction of sp³-hybridized carbons (Fsp3) is 0.524. The van der Waals surface area contributed by atoms with Gasteiger partial charge in [-0.05, 0) is 55.7 Å². The molecule has 2 aliphatic heterocycles. The maximum atomic E-state index is 13.5. The summed E-state index contributed by atoms with van der Waals surface area (Å²) in [5, 5.41) is 13.8. The number of aromatic nitrogens is 2. The molecule has 1 aromatic carbocycles. The van der Waals surface area contributed by atoms with Crippen molar-refractivity contribution in [1.82, 2.24) is 9.97 Å². The molecule has 1 aromatic heterocycles. The summed E-state index contributed by atoms with van der Waals surface area (Å²) in [6.45, 7) is -0.0470. The minimum absolute atomic E-state index is 0.00637. The van der Waals surface area contributed by atoms with Gasteiger partial charge in [-0.1, -0.05) is 23.7 Å². The van der Waals surface area contributed by atoms with Gasteiger partial charge in [0.25, 0.3) is 5.95 Å². The average molecular weight is 497 g/mol. The van der Waals surface area contributed by atoms with Gasteiger partial charge >= 0.3 is 0 Å². The van der Waals surface area contributed by atoms with Crippen molar-refractivity contribution in [2.75, 3.05) is 29.4 Å². The van der Waals surface area contributed by atoms with Crippen LogP contribution in [0.4, 0.5) is 11.8 Å². The smallest absolute Gasteiger partial charge is 0.263 e. The van der Waals surface area contributed by atoms with Gasteiger partial charge in [0.05, 0.1) is 21.9 Å². The summed E-state index contributed by atoms with van der Waals surface area (Å²) in [5.74, 6) is 1.89. The number of benzene rings is 1. The summed E-state index contributed by atoms with van der Waals surface area (Å²) in [5.41, 5.74) is 0.715. The van der Waals surface area contributed by atoms with Crippen LogP contribution < -0.4 is 10.1 Å². The Morgan fingerprint density at radius 3 is 2.59 bits per heavy atom. The Balaban J connectivity index is 1.41. The van der Waals surface area contributed by atoms with E-state index < -0.39 is 26.1 Å². The molecule has 172 valence electrons. The molecular weight excluding hydrogens is 472 g/mol. The van der Waals surface area contributed by atoms with Crippen LogP contribution in [0.5, 0.6) is 5.88 Å². The molecule has 3 heterocycles. The van der Waals surface area contributed by atoms with Crippen molar-refractivity contribution < 1.29 is 18.3 Å². The van der Waals surface area contributed by atoms with Crippen LogP contribution in [0.15, 0.2) is 33.5 Å². The third-order valence-electron chi connectivity index (χ3n) is 6.51. The minimum atomic E-state index is -2.52. The van der Waals surface area contributed by atoms with Gasteiger partial charge in [-0.2, -0.15) is 14.3 Å². The van der Waals surface area contributed by atoms with E-state index in [4.69, 9.17) is 16.3 Å². The van der Waals surface area contributed by atoms with Crippen LogP contribution in [0.2, 0.25) is 5.02 Å². The molecule has 2 N–H and O–H groups in total. The fourth-order valence-electron chi connectivity index (χ4n) is 4.40. The highest BCUT2D eigenvalue weighted by Gasteiger charge is 2.39. The van der Waals surface area contributed by atoms with Gasteiger partial charge in [0, 0.05) is 16.5 Å². The number of aliphatic hydroxyl groups excluding tert-OH is 1. The van der Waals surface area contributed by atoms with E-state index in [-0.39, 0.29) is 24.4 Å². The SMILES string of the molecule is O=[S@]1COc2nc(N=S3(=O)CCC(c4ccc(Cl)cc4)CC3)nc(NC3(CO)CCC3)c21. The van der Waals surface area contributed by atoms with Crippen molar-refractivity contribution in [3.63, 3.8) is 0 Å². The van der Waals surface area contributed by atoms with E-state index in [1.165, 1.54) is 5.56 Å². The maximum Gasteiger partial charge on any atom is 0.263 e. The summed E-state index contributed by atoms with van der Waals surface area (Å²) in [6, 6.07) is 7.80. The molecule has 1 atom stereocenters. The Hall–Kier alpha value is -1.75. The van der Waals surface area contributed by atoms with Gasteiger partial charge in [-0.3, -0.25) is 4.21 Å². The predicted molar refractivity (Wildman–Crippen MR) is 125 cm³/mol. The Morgan fingerprint density at radius 1 is 1.25 bits per heavy atom. The lowest BCUT2D eigenvalue weighted by molar-refractivity contribution is 0.143. The second-order valence-corrected chi connectivity index (χ2v) is 12.9. The summed E-state index contributed by atoms with van der Waals surface area (Å²) in [6.07, 6.45) is 4.11. The summed E-state index contributed by atoms with van der Waals surface area (Å²) in [4.78, 5) is 9.16. The molecule has 0 radical (unpaired) electrons. The Kier molecular flexibility index (Phi) is 5.90. The number of rotatable bonds is 5. The van der Waals surface area contributed by atoms with Crippen molar-refractivity contribution in [1.29, 1.82) is 0 Å². The van der Waals surface area contributed by atoms with Crippen LogP contribution in [0.1, 0.15) is 43.6 Å². The van der Waals surface area contributed by atoms with Gasteiger partial charge in [0.15, 0.2) is 11.8 Å². The van der Waals surface area contributed by atoms with E-state index in [2.05, 4.69) is 19.6 Å². The van der Waals surface area contributed by atoms with E-state index in [1.54, 1.807) is 0 Å². The normalized spacial score (nSPS) is 28.3. The number of nitrogens with one attached hydrogen (secondary N) is 1. The number of aliphatic hydroxyl groups is 1. The summed E-state index contributed by atoms with van der Waals surface area (Å²) >= 11 is 5.99.